The number of para-hydroxylation sites is 1. The van der Waals surface area contributed by atoms with Crippen molar-refractivity contribution in [3.8, 4) is 0 Å². The Morgan fingerprint density at radius 2 is 1.94 bits per heavy atom. The molecule has 8 heteroatoms. The standard InChI is InChI=1S/C24H19N3O4S/c1-14-10-11-18(31-14)21-20(22(28)26-16-7-4-3-5-8-16)15(2)25-24-27(21)23(29)19(32-24)13-17-9-6-12-30-17/h3-13,21H,1-2H3,(H,26,28)/t21-/m0/s1. The van der Waals surface area contributed by atoms with Crippen molar-refractivity contribution in [2.75, 3.05) is 5.32 Å². The van der Waals surface area contributed by atoms with E-state index in [-0.39, 0.29) is 11.5 Å². The van der Waals surface area contributed by atoms with Crippen molar-refractivity contribution in [2.45, 2.75) is 19.9 Å². The number of nitrogens with one attached hydrogen (secondary N) is 1. The number of rotatable bonds is 4. The fourth-order valence-corrected chi connectivity index (χ4v) is 4.73. The molecule has 0 spiro atoms. The smallest absolute Gasteiger partial charge is 0.271 e. The molecule has 0 saturated heterocycles. The Kier molecular flexibility index (Phi) is 4.99. The summed E-state index contributed by atoms with van der Waals surface area (Å²) in [6, 6.07) is 15.6. The highest BCUT2D eigenvalue weighted by atomic mass is 32.1. The van der Waals surface area contributed by atoms with Crippen LogP contribution in [0.2, 0.25) is 0 Å². The minimum Gasteiger partial charge on any atom is -0.465 e. The van der Waals surface area contributed by atoms with Gasteiger partial charge in [-0.3, -0.25) is 14.2 Å². The number of carbonyl (C=O) groups excluding carboxylic acids is 1. The van der Waals surface area contributed by atoms with Crippen LogP contribution in [0.1, 0.15) is 30.2 Å². The number of furan rings is 2. The molecule has 160 valence electrons. The number of aromatic nitrogens is 1. The van der Waals surface area contributed by atoms with E-state index in [1.165, 1.54) is 15.9 Å². The first kappa shape index (κ1) is 20.0. The minimum absolute atomic E-state index is 0.262. The van der Waals surface area contributed by atoms with Gasteiger partial charge in [0.05, 0.1) is 22.1 Å². The molecule has 1 aliphatic rings. The lowest BCUT2D eigenvalue weighted by Gasteiger charge is -2.23. The second-order valence-corrected chi connectivity index (χ2v) is 8.37. The van der Waals surface area contributed by atoms with Crippen LogP contribution >= 0.6 is 11.3 Å². The van der Waals surface area contributed by atoms with Crippen LogP contribution in [0.25, 0.3) is 6.08 Å². The molecule has 1 atom stereocenters. The zero-order valence-corrected chi connectivity index (χ0v) is 18.2. The summed E-state index contributed by atoms with van der Waals surface area (Å²) in [5.74, 6) is 1.42. The fraction of sp³-hybridized carbons (Fsp3) is 0.125. The topological polar surface area (TPSA) is 89.7 Å². The molecule has 0 unspecified atom stereocenters. The number of fused-ring (bicyclic) bond motifs is 1. The van der Waals surface area contributed by atoms with Crippen molar-refractivity contribution in [3.05, 3.63) is 109 Å². The van der Waals surface area contributed by atoms with Gasteiger partial charge in [0.15, 0.2) is 4.80 Å². The molecule has 1 aliphatic heterocycles. The number of amides is 1. The summed E-state index contributed by atoms with van der Waals surface area (Å²) in [5.41, 5.74) is 1.28. The summed E-state index contributed by atoms with van der Waals surface area (Å²) in [7, 11) is 0. The van der Waals surface area contributed by atoms with Crippen LogP contribution in [0, 0.1) is 6.92 Å². The predicted octanol–water partition coefficient (Wildman–Crippen LogP) is 3.37. The van der Waals surface area contributed by atoms with Crippen LogP contribution < -0.4 is 20.2 Å². The van der Waals surface area contributed by atoms with Gasteiger partial charge in [0, 0.05) is 11.8 Å². The van der Waals surface area contributed by atoms with Gasteiger partial charge in [0.2, 0.25) is 0 Å². The van der Waals surface area contributed by atoms with Crippen molar-refractivity contribution >= 4 is 29.0 Å². The van der Waals surface area contributed by atoms with Crippen molar-refractivity contribution < 1.29 is 13.6 Å². The Morgan fingerprint density at radius 1 is 1.12 bits per heavy atom. The van der Waals surface area contributed by atoms with Crippen molar-refractivity contribution in [1.82, 2.24) is 4.57 Å². The molecule has 1 amide bonds. The molecule has 0 saturated carbocycles. The third kappa shape index (κ3) is 3.54. The number of hydrogen-bond acceptors (Lipinski definition) is 6. The van der Waals surface area contributed by atoms with Gasteiger partial charge in [-0.05, 0) is 50.2 Å². The fourth-order valence-electron chi connectivity index (χ4n) is 3.70. The highest BCUT2D eigenvalue weighted by Crippen LogP contribution is 2.31. The third-order valence-corrected chi connectivity index (χ3v) is 6.13. The molecular formula is C24H19N3O4S. The maximum atomic E-state index is 13.4. The number of allylic oxidation sites excluding steroid dienone is 1. The van der Waals surface area contributed by atoms with Gasteiger partial charge in [-0.2, -0.15) is 0 Å². The zero-order chi connectivity index (χ0) is 22.2. The van der Waals surface area contributed by atoms with Crippen LogP contribution in [0.15, 0.2) is 90.8 Å². The maximum absolute atomic E-state index is 13.4. The molecule has 1 N–H and O–H groups in total. The number of nitrogens with zero attached hydrogens (tertiary/aromatic N) is 2. The largest absolute Gasteiger partial charge is 0.465 e. The van der Waals surface area contributed by atoms with Crippen LogP contribution in [-0.2, 0) is 4.79 Å². The van der Waals surface area contributed by atoms with Crippen molar-refractivity contribution in [1.29, 1.82) is 0 Å². The normalized spacial score (nSPS) is 16.1. The summed E-state index contributed by atoms with van der Waals surface area (Å²) in [6.07, 6.45) is 3.23. The van der Waals surface area contributed by atoms with Crippen LogP contribution in [0.5, 0.6) is 0 Å². The average molecular weight is 446 g/mol. The molecule has 0 aliphatic carbocycles. The van der Waals surface area contributed by atoms with E-state index < -0.39 is 6.04 Å². The molecular weight excluding hydrogens is 426 g/mol. The monoisotopic (exact) mass is 445 g/mol. The summed E-state index contributed by atoms with van der Waals surface area (Å²) in [6.45, 7) is 3.59. The lowest BCUT2D eigenvalue weighted by Crippen LogP contribution is -2.40. The Hall–Kier alpha value is -3.91. The molecule has 0 bridgehead atoms. The summed E-state index contributed by atoms with van der Waals surface area (Å²) >= 11 is 1.25. The molecule has 5 rings (SSSR count). The van der Waals surface area contributed by atoms with E-state index in [2.05, 4.69) is 10.3 Å². The van der Waals surface area contributed by atoms with E-state index in [4.69, 9.17) is 8.83 Å². The first-order valence-electron chi connectivity index (χ1n) is 10.00. The minimum atomic E-state index is -0.734. The Morgan fingerprint density at radius 3 is 2.62 bits per heavy atom. The van der Waals surface area contributed by atoms with E-state index in [1.807, 2.05) is 31.2 Å². The number of thiazole rings is 1. The van der Waals surface area contributed by atoms with E-state index in [9.17, 15) is 9.59 Å². The van der Waals surface area contributed by atoms with Gasteiger partial charge in [-0.15, -0.1) is 0 Å². The van der Waals surface area contributed by atoms with Crippen LogP contribution in [-0.4, -0.2) is 10.5 Å². The third-order valence-electron chi connectivity index (χ3n) is 5.15. The Balaban J connectivity index is 1.68. The van der Waals surface area contributed by atoms with Gasteiger partial charge in [-0.1, -0.05) is 29.5 Å². The van der Waals surface area contributed by atoms with Crippen LogP contribution in [0.4, 0.5) is 5.69 Å². The number of benzene rings is 1. The zero-order valence-electron chi connectivity index (χ0n) is 17.4. The second-order valence-electron chi connectivity index (χ2n) is 7.37. The Bertz CT molecular complexity index is 1510. The van der Waals surface area contributed by atoms with E-state index in [0.29, 0.717) is 43.6 Å². The number of anilines is 1. The van der Waals surface area contributed by atoms with Gasteiger partial charge >= 0.3 is 0 Å². The first-order valence-corrected chi connectivity index (χ1v) is 10.8. The molecule has 32 heavy (non-hydrogen) atoms. The molecule has 4 heterocycles. The molecule has 3 aromatic heterocycles. The quantitative estimate of drug-likeness (QED) is 0.522. The van der Waals surface area contributed by atoms with E-state index >= 15 is 0 Å². The Labute approximate surface area is 186 Å². The molecule has 0 radical (unpaired) electrons. The van der Waals surface area contributed by atoms with Gasteiger partial charge in [0.25, 0.3) is 11.5 Å². The number of aryl methyl sites for hydroxylation is 1. The SMILES string of the molecule is CC1=C(C(=O)Nc2ccccc2)[C@H](c2ccc(C)o2)n2c(sc(=Cc3ccco3)c2=O)=N1. The predicted molar refractivity (Wildman–Crippen MR) is 121 cm³/mol. The highest BCUT2D eigenvalue weighted by molar-refractivity contribution is 7.07. The van der Waals surface area contributed by atoms with Crippen molar-refractivity contribution in [3.63, 3.8) is 0 Å². The van der Waals surface area contributed by atoms with Crippen molar-refractivity contribution in [2.24, 2.45) is 4.99 Å². The molecule has 7 nitrogen and oxygen atoms in total. The lowest BCUT2D eigenvalue weighted by molar-refractivity contribution is -0.113. The first-order chi connectivity index (χ1) is 15.5. The highest BCUT2D eigenvalue weighted by Gasteiger charge is 2.34. The van der Waals surface area contributed by atoms with Gasteiger partial charge < -0.3 is 14.2 Å². The average Bonchev–Trinajstić information content (AvgIpc) is 3.50. The second kappa shape index (κ2) is 7.97. The maximum Gasteiger partial charge on any atom is 0.271 e. The number of carbonyl (C=O) groups is 1. The lowest BCUT2D eigenvalue weighted by atomic mass is 10.00. The molecule has 0 fully saturated rings. The van der Waals surface area contributed by atoms with E-state index in [0.717, 1.165) is 0 Å². The van der Waals surface area contributed by atoms with Gasteiger partial charge in [0.1, 0.15) is 23.3 Å². The van der Waals surface area contributed by atoms with Crippen LogP contribution in [0.3, 0.4) is 0 Å². The number of hydrogen-bond donors (Lipinski definition) is 1. The summed E-state index contributed by atoms with van der Waals surface area (Å²) in [4.78, 5) is 31.8. The molecule has 1 aromatic carbocycles. The summed E-state index contributed by atoms with van der Waals surface area (Å²) in [5, 5.41) is 2.91. The summed E-state index contributed by atoms with van der Waals surface area (Å²) < 4.78 is 13.2. The van der Waals surface area contributed by atoms with E-state index in [1.54, 1.807) is 49.6 Å². The molecule has 4 aromatic rings. The van der Waals surface area contributed by atoms with Gasteiger partial charge in [-0.25, -0.2) is 4.99 Å².